The number of ether oxygens (including phenoxy) is 8. The molecule has 2 aliphatic heterocycles. The lowest BCUT2D eigenvalue weighted by molar-refractivity contribution is 0.306. The van der Waals surface area contributed by atoms with Crippen LogP contribution in [0.25, 0.3) is 133 Å². The molecule has 16 nitrogen and oxygen atoms in total. The molecule has 0 radical (unpaired) electrons. The zero-order valence-electron chi connectivity index (χ0n) is 57.2. The second kappa shape index (κ2) is 30.1. The highest BCUT2D eigenvalue weighted by Crippen LogP contribution is 2.48. The molecule has 16 heteroatoms. The van der Waals surface area contributed by atoms with E-state index in [1.807, 2.05) is 48.5 Å². The van der Waals surface area contributed by atoms with Crippen molar-refractivity contribution >= 4 is 87.2 Å². The van der Waals surface area contributed by atoms with E-state index in [1.165, 1.54) is 0 Å². The van der Waals surface area contributed by atoms with Gasteiger partial charge < -0.3 is 47.9 Å². The first-order valence-corrected chi connectivity index (χ1v) is 35.5. The van der Waals surface area contributed by atoms with Gasteiger partial charge in [-0.1, -0.05) is 107 Å². The molecule has 8 aromatic carbocycles. The maximum atomic E-state index is 6.64. The first-order valence-electron chi connectivity index (χ1n) is 35.5. The SMILES string of the molecule is CCCCOc1ccc(OCCCC)c2cc3c(cc12)-c1nc-3nc2[nH]c(nc3nc(nc4[nH]c(n1)c1cc5c(OCCCC)ccc(OCCCC)c5cc41)-c1cc4c(OCCCC)ccc(OCCCC)c4cc1-3)c1cc3c(OCCCC)ccc(OCCCC)c3cc21. The Bertz CT molecular complexity index is 4240. The Hall–Kier alpha value is -9.44. The van der Waals surface area contributed by atoms with Gasteiger partial charge in [-0.25, -0.2) is 29.9 Å². The number of aromatic amines is 2. The van der Waals surface area contributed by atoms with Crippen LogP contribution in [0.2, 0.25) is 0 Å². The van der Waals surface area contributed by atoms with Crippen molar-refractivity contribution in [1.29, 1.82) is 0 Å². The number of aromatic nitrogens is 8. The van der Waals surface area contributed by atoms with Crippen LogP contribution in [0.4, 0.5) is 0 Å². The Balaban J connectivity index is 1.18. The fourth-order valence-corrected chi connectivity index (χ4v) is 12.5. The number of unbranched alkanes of at least 4 members (excludes halogenated alkanes) is 8. The van der Waals surface area contributed by atoms with Crippen molar-refractivity contribution in [3.8, 4) is 91.5 Å². The third kappa shape index (κ3) is 13.3. The largest absolute Gasteiger partial charge is 0.493 e. The van der Waals surface area contributed by atoms with Crippen LogP contribution in [0, 0.1) is 0 Å². The Kier molecular flexibility index (Phi) is 20.5. The van der Waals surface area contributed by atoms with Gasteiger partial charge in [0, 0.05) is 86.9 Å². The van der Waals surface area contributed by atoms with Crippen molar-refractivity contribution in [1.82, 2.24) is 39.9 Å². The Morgan fingerprint density at radius 1 is 0.219 bits per heavy atom. The monoisotopic (exact) mass is 1290 g/mol. The van der Waals surface area contributed by atoms with Gasteiger partial charge >= 0.3 is 0 Å². The number of fused-ring (bicyclic) bond motifs is 24. The van der Waals surface area contributed by atoms with Gasteiger partial charge in [-0.05, 0) is 148 Å². The lowest BCUT2D eigenvalue weighted by Crippen LogP contribution is -2.00. The van der Waals surface area contributed by atoms with Crippen LogP contribution in [0.1, 0.15) is 158 Å². The third-order valence-corrected chi connectivity index (χ3v) is 18.1. The molecule has 0 amide bonds. The number of rotatable bonds is 32. The van der Waals surface area contributed by atoms with Gasteiger partial charge in [0.2, 0.25) is 0 Å². The first kappa shape index (κ1) is 65.2. The topological polar surface area (TPSA) is 183 Å². The molecule has 0 saturated carbocycles. The molecule has 3 aromatic heterocycles. The minimum absolute atomic E-state index is 0.449. The van der Waals surface area contributed by atoms with Gasteiger partial charge in [0.25, 0.3) is 0 Å². The number of nitrogens with zero attached hydrogens (tertiary/aromatic N) is 6. The van der Waals surface area contributed by atoms with Gasteiger partial charge in [0.05, 0.1) is 52.9 Å². The van der Waals surface area contributed by atoms with E-state index >= 15 is 0 Å². The summed E-state index contributed by atoms with van der Waals surface area (Å²) in [7, 11) is 0. The third-order valence-electron chi connectivity index (χ3n) is 18.1. The van der Waals surface area contributed by atoms with Gasteiger partial charge in [-0.3, -0.25) is 0 Å². The predicted molar refractivity (Wildman–Crippen MR) is 389 cm³/mol. The van der Waals surface area contributed by atoms with Crippen LogP contribution < -0.4 is 37.9 Å². The zero-order chi connectivity index (χ0) is 66.1. The van der Waals surface area contributed by atoms with Crippen molar-refractivity contribution in [2.24, 2.45) is 0 Å². The lowest BCUT2D eigenvalue weighted by Gasteiger charge is -2.15. The average Bonchev–Trinajstić information content (AvgIpc) is 1.52. The van der Waals surface area contributed by atoms with E-state index < -0.39 is 0 Å². The molecular formula is C80H90N8O8. The molecule has 498 valence electrons. The summed E-state index contributed by atoms with van der Waals surface area (Å²) in [6.45, 7) is 21.9. The highest BCUT2D eigenvalue weighted by Gasteiger charge is 2.28. The number of H-pyrrole nitrogens is 2. The van der Waals surface area contributed by atoms with Crippen LogP contribution in [0.5, 0.6) is 46.0 Å². The van der Waals surface area contributed by atoms with Gasteiger partial charge in [0.1, 0.15) is 68.6 Å². The Labute approximate surface area is 561 Å². The van der Waals surface area contributed by atoms with Crippen LogP contribution in [0.15, 0.2) is 97.1 Å². The summed E-state index contributed by atoms with van der Waals surface area (Å²) in [5.74, 6) is 7.83. The fourth-order valence-electron chi connectivity index (χ4n) is 12.5. The van der Waals surface area contributed by atoms with Gasteiger partial charge in [-0.2, -0.15) is 0 Å². The zero-order valence-corrected chi connectivity index (χ0v) is 57.2. The van der Waals surface area contributed by atoms with Crippen molar-refractivity contribution in [3.63, 3.8) is 0 Å². The summed E-state index contributed by atoms with van der Waals surface area (Å²) in [6.07, 6.45) is 15.2. The molecule has 96 heavy (non-hydrogen) atoms. The predicted octanol–water partition coefficient (Wildman–Crippen LogP) is 20.9. The molecule has 2 N–H and O–H groups in total. The summed E-state index contributed by atoms with van der Waals surface area (Å²) in [4.78, 5) is 41.2. The Morgan fingerprint density at radius 2 is 0.385 bits per heavy atom. The molecule has 0 unspecified atom stereocenters. The molecule has 0 atom stereocenters. The number of hydrogen-bond acceptors (Lipinski definition) is 14. The van der Waals surface area contributed by atoms with Crippen LogP contribution in [0.3, 0.4) is 0 Å². The average molecular weight is 1290 g/mol. The summed E-state index contributed by atoms with van der Waals surface area (Å²) in [6, 6.07) is 33.5. The van der Waals surface area contributed by atoms with Crippen LogP contribution in [-0.4, -0.2) is 92.7 Å². The van der Waals surface area contributed by atoms with Crippen molar-refractivity contribution in [2.45, 2.75) is 158 Å². The second-order valence-corrected chi connectivity index (χ2v) is 25.2. The lowest BCUT2D eigenvalue weighted by atomic mass is 10.00. The minimum atomic E-state index is 0.449. The quantitative estimate of drug-likeness (QED) is 0.0380. The molecule has 13 rings (SSSR count). The van der Waals surface area contributed by atoms with E-state index in [9.17, 15) is 0 Å². The molecular weight excluding hydrogens is 1200 g/mol. The normalized spacial score (nSPS) is 11.9. The van der Waals surface area contributed by atoms with E-state index in [4.69, 9.17) is 67.8 Å². The summed E-state index contributed by atoms with van der Waals surface area (Å²) < 4.78 is 53.1. The first-order chi connectivity index (χ1) is 47.3. The summed E-state index contributed by atoms with van der Waals surface area (Å²) >= 11 is 0. The van der Waals surface area contributed by atoms with Crippen LogP contribution in [-0.2, 0) is 0 Å². The van der Waals surface area contributed by atoms with Crippen molar-refractivity contribution < 1.29 is 37.9 Å². The molecule has 0 aliphatic carbocycles. The maximum absolute atomic E-state index is 6.64. The molecule has 0 spiro atoms. The summed E-state index contributed by atoms with van der Waals surface area (Å²) in [5, 5.41) is 10.3. The van der Waals surface area contributed by atoms with Crippen molar-refractivity contribution in [3.05, 3.63) is 97.1 Å². The van der Waals surface area contributed by atoms with E-state index in [-0.39, 0.29) is 0 Å². The Morgan fingerprint density at radius 3 is 0.552 bits per heavy atom. The molecule has 0 fully saturated rings. The van der Waals surface area contributed by atoms with Crippen molar-refractivity contribution in [2.75, 3.05) is 52.9 Å². The summed E-state index contributed by atoms with van der Waals surface area (Å²) in [5.41, 5.74) is 5.24. The molecule has 2 aliphatic rings. The number of nitrogens with one attached hydrogen (secondary N) is 2. The fraction of sp³-hybridized carbons (Fsp3) is 0.400. The van der Waals surface area contributed by atoms with Gasteiger partial charge in [-0.15, -0.1) is 0 Å². The second-order valence-electron chi connectivity index (χ2n) is 25.2. The molecule has 0 saturated heterocycles. The van der Waals surface area contributed by atoms with Gasteiger partial charge in [0.15, 0.2) is 23.3 Å². The van der Waals surface area contributed by atoms with E-state index in [0.29, 0.717) is 98.7 Å². The standard InChI is InChI=1S/C80H90N8O8/c1-9-17-33-89-65-25-26-66(90-34-18-10-2)50-42-58-57(41-49(50)65)73-81-74(58)86-76-61-45-53-54(70(94-38-22-14-6)30-29-69(53)93-37-21-13-5)46-62(61)78(83-76)88-80-64-48-56-55(71(95-39-23-15-7)31-32-72(56)96-40-24-16-8)47-63(64)79(84-80)87-77-60-44-52-51(43-59(60)75(82-77)85-73)67(91-35-19-11-3)27-28-68(52)92-36-20-12-4/h25-32,41-48H,9-24,33-40H2,1-8H3,(H2,81,82,83,84,85,86,87,88). The smallest absolute Gasteiger partial charge is 0.164 e. The molecule has 5 heterocycles. The highest BCUT2D eigenvalue weighted by atomic mass is 16.5. The maximum Gasteiger partial charge on any atom is 0.164 e. The van der Waals surface area contributed by atoms with Crippen LogP contribution >= 0.6 is 0 Å². The minimum Gasteiger partial charge on any atom is -0.493 e. The van der Waals surface area contributed by atoms with E-state index in [1.54, 1.807) is 0 Å². The molecule has 8 bridgehead atoms. The van der Waals surface area contributed by atoms with E-state index in [2.05, 4.69) is 114 Å². The van der Waals surface area contributed by atoms with E-state index in [0.717, 1.165) is 236 Å². The number of benzene rings is 8. The molecule has 11 aromatic rings. The number of hydrogen-bond donors (Lipinski definition) is 2. The highest BCUT2D eigenvalue weighted by molar-refractivity contribution is 6.16.